The molecule has 0 aliphatic heterocycles. The Morgan fingerprint density at radius 1 is 1.25 bits per heavy atom. The van der Waals surface area contributed by atoms with Crippen molar-refractivity contribution < 1.29 is 4.79 Å². The predicted molar refractivity (Wildman–Crippen MR) is 82.9 cm³/mol. The highest BCUT2D eigenvalue weighted by Crippen LogP contribution is 2.30. The first-order valence-electron chi connectivity index (χ1n) is 6.90. The number of hydrogen-bond acceptors (Lipinski definition) is 5. The molecule has 0 radical (unpaired) electrons. The molecule has 6 heteroatoms. The SMILES string of the molecule is CC(C)c1nnc(NC(=O)c2cc3c(s2)CCCC3)s1. The Kier molecular flexibility index (Phi) is 3.85. The number of hydrogen-bond donors (Lipinski definition) is 1. The molecule has 2 aromatic heterocycles. The van der Waals surface area contributed by atoms with Gasteiger partial charge >= 0.3 is 0 Å². The van der Waals surface area contributed by atoms with E-state index in [9.17, 15) is 4.79 Å². The fourth-order valence-corrected chi connectivity index (χ4v) is 4.17. The van der Waals surface area contributed by atoms with Gasteiger partial charge in [-0.15, -0.1) is 21.5 Å². The average Bonchev–Trinajstić information content (AvgIpc) is 3.04. The molecule has 0 unspecified atom stereocenters. The fraction of sp³-hybridized carbons (Fsp3) is 0.500. The van der Waals surface area contributed by atoms with Gasteiger partial charge in [-0.3, -0.25) is 10.1 Å². The summed E-state index contributed by atoms with van der Waals surface area (Å²) >= 11 is 3.07. The zero-order valence-electron chi connectivity index (χ0n) is 11.6. The number of anilines is 1. The number of nitrogens with one attached hydrogen (secondary N) is 1. The van der Waals surface area contributed by atoms with Crippen LogP contribution in [-0.2, 0) is 12.8 Å². The lowest BCUT2D eigenvalue weighted by atomic mass is 9.99. The van der Waals surface area contributed by atoms with E-state index in [-0.39, 0.29) is 5.91 Å². The number of carbonyl (C=O) groups excluding carboxylic acids is 1. The smallest absolute Gasteiger partial charge is 0.267 e. The average molecular weight is 307 g/mol. The van der Waals surface area contributed by atoms with Crippen LogP contribution < -0.4 is 5.32 Å². The maximum atomic E-state index is 12.2. The molecule has 0 fully saturated rings. The van der Waals surface area contributed by atoms with Crippen molar-refractivity contribution in [3.63, 3.8) is 0 Å². The van der Waals surface area contributed by atoms with E-state index in [0.29, 0.717) is 11.0 Å². The van der Waals surface area contributed by atoms with Crippen LogP contribution >= 0.6 is 22.7 Å². The van der Waals surface area contributed by atoms with Gasteiger partial charge in [0, 0.05) is 10.8 Å². The zero-order valence-corrected chi connectivity index (χ0v) is 13.2. The molecule has 3 rings (SSSR count). The van der Waals surface area contributed by atoms with Crippen LogP contribution in [0.2, 0.25) is 0 Å². The van der Waals surface area contributed by atoms with Crippen LogP contribution in [0.3, 0.4) is 0 Å². The lowest BCUT2D eigenvalue weighted by Crippen LogP contribution is -2.09. The van der Waals surface area contributed by atoms with Crippen molar-refractivity contribution in [1.29, 1.82) is 0 Å². The van der Waals surface area contributed by atoms with Crippen molar-refractivity contribution in [2.45, 2.75) is 45.4 Å². The Morgan fingerprint density at radius 2 is 2.05 bits per heavy atom. The first-order valence-corrected chi connectivity index (χ1v) is 8.53. The molecule has 0 saturated carbocycles. The van der Waals surface area contributed by atoms with Crippen molar-refractivity contribution in [2.24, 2.45) is 0 Å². The maximum absolute atomic E-state index is 12.2. The topological polar surface area (TPSA) is 54.9 Å². The van der Waals surface area contributed by atoms with Gasteiger partial charge < -0.3 is 0 Å². The summed E-state index contributed by atoms with van der Waals surface area (Å²) in [6.07, 6.45) is 4.70. The molecule has 1 amide bonds. The standard InChI is InChI=1S/C14H17N3OS2/c1-8(2)13-16-17-14(20-13)15-12(18)11-7-9-5-3-4-6-10(9)19-11/h7-8H,3-6H2,1-2H3,(H,15,17,18). The van der Waals surface area contributed by atoms with E-state index < -0.39 is 0 Å². The quantitative estimate of drug-likeness (QED) is 0.937. The molecule has 2 heterocycles. The van der Waals surface area contributed by atoms with E-state index in [1.54, 1.807) is 11.3 Å². The van der Waals surface area contributed by atoms with Crippen molar-refractivity contribution in [3.8, 4) is 0 Å². The summed E-state index contributed by atoms with van der Waals surface area (Å²) in [7, 11) is 0. The summed E-state index contributed by atoms with van der Waals surface area (Å²) in [4.78, 5) is 14.4. The van der Waals surface area contributed by atoms with Gasteiger partial charge in [-0.05, 0) is 37.3 Å². The molecule has 2 aromatic rings. The molecule has 0 saturated heterocycles. The number of rotatable bonds is 3. The fourth-order valence-electron chi connectivity index (χ4n) is 2.28. The van der Waals surface area contributed by atoms with E-state index in [1.807, 2.05) is 6.07 Å². The Balaban J connectivity index is 1.73. The minimum absolute atomic E-state index is 0.0594. The van der Waals surface area contributed by atoms with Gasteiger partial charge in [-0.25, -0.2) is 0 Å². The minimum atomic E-state index is -0.0594. The summed E-state index contributed by atoms with van der Waals surface area (Å²) in [5.41, 5.74) is 1.35. The van der Waals surface area contributed by atoms with Gasteiger partial charge in [-0.1, -0.05) is 25.2 Å². The van der Waals surface area contributed by atoms with E-state index >= 15 is 0 Å². The normalized spacial score (nSPS) is 14.3. The zero-order chi connectivity index (χ0) is 14.1. The summed E-state index contributed by atoms with van der Waals surface area (Å²) < 4.78 is 0. The number of fused-ring (bicyclic) bond motifs is 1. The first-order chi connectivity index (χ1) is 9.63. The van der Waals surface area contributed by atoms with Gasteiger partial charge in [0.2, 0.25) is 5.13 Å². The summed E-state index contributed by atoms with van der Waals surface area (Å²) in [5, 5.41) is 12.5. The second-order valence-corrected chi connectivity index (χ2v) is 7.47. The van der Waals surface area contributed by atoms with Crippen LogP contribution in [0.15, 0.2) is 6.07 Å². The second kappa shape index (κ2) is 5.61. The number of amides is 1. The second-order valence-electron chi connectivity index (χ2n) is 5.32. The molecule has 1 aliphatic carbocycles. The Labute approximate surface area is 126 Å². The van der Waals surface area contributed by atoms with Gasteiger partial charge in [-0.2, -0.15) is 0 Å². The summed E-state index contributed by atoms with van der Waals surface area (Å²) in [6.45, 7) is 4.14. The lowest BCUT2D eigenvalue weighted by Gasteiger charge is -2.08. The first kappa shape index (κ1) is 13.7. The van der Waals surface area contributed by atoms with E-state index in [2.05, 4.69) is 29.4 Å². The van der Waals surface area contributed by atoms with Crippen LogP contribution in [0.1, 0.15) is 57.7 Å². The van der Waals surface area contributed by atoms with Gasteiger partial charge in [0.15, 0.2) is 0 Å². The number of aryl methyl sites for hydroxylation is 2. The molecular formula is C14H17N3OS2. The lowest BCUT2D eigenvalue weighted by molar-refractivity contribution is 0.103. The van der Waals surface area contributed by atoms with Crippen molar-refractivity contribution in [2.75, 3.05) is 5.32 Å². The van der Waals surface area contributed by atoms with E-state index in [4.69, 9.17) is 0 Å². The summed E-state index contributed by atoms with van der Waals surface area (Å²) in [5.74, 6) is 0.281. The Morgan fingerprint density at radius 3 is 2.75 bits per heavy atom. The highest BCUT2D eigenvalue weighted by Gasteiger charge is 2.18. The molecule has 0 aromatic carbocycles. The van der Waals surface area contributed by atoms with Crippen molar-refractivity contribution in [1.82, 2.24) is 10.2 Å². The molecule has 20 heavy (non-hydrogen) atoms. The molecule has 106 valence electrons. The van der Waals surface area contributed by atoms with Crippen LogP contribution in [-0.4, -0.2) is 16.1 Å². The third kappa shape index (κ3) is 2.76. The highest BCUT2D eigenvalue weighted by atomic mass is 32.1. The molecule has 4 nitrogen and oxygen atoms in total. The molecule has 0 atom stereocenters. The highest BCUT2D eigenvalue weighted by molar-refractivity contribution is 7.16. The monoisotopic (exact) mass is 307 g/mol. The van der Waals surface area contributed by atoms with E-state index in [0.717, 1.165) is 22.7 Å². The van der Waals surface area contributed by atoms with Crippen LogP contribution in [0.25, 0.3) is 0 Å². The van der Waals surface area contributed by atoms with Crippen LogP contribution in [0.5, 0.6) is 0 Å². The number of thiophene rings is 1. The minimum Gasteiger partial charge on any atom is -0.296 e. The molecule has 1 N–H and O–H groups in total. The van der Waals surface area contributed by atoms with Crippen LogP contribution in [0.4, 0.5) is 5.13 Å². The van der Waals surface area contributed by atoms with Gasteiger partial charge in [0.05, 0.1) is 4.88 Å². The molecule has 0 spiro atoms. The summed E-state index contributed by atoms with van der Waals surface area (Å²) in [6, 6.07) is 2.04. The number of aromatic nitrogens is 2. The van der Waals surface area contributed by atoms with Crippen molar-refractivity contribution >= 4 is 33.7 Å². The third-order valence-corrected chi connectivity index (χ3v) is 5.75. The third-order valence-electron chi connectivity index (χ3n) is 3.38. The number of carbonyl (C=O) groups is 1. The Bertz CT molecular complexity index is 607. The number of nitrogens with zero attached hydrogens (tertiary/aromatic N) is 2. The molecule has 0 bridgehead atoms. The Hall–Kier alpha value is -1.27. The maximum Gasteiger partial charge on any atom is 0.267 e. The van der Waals surface area contributed by atoms with Crippen molar-refractivity contribution in [3.05, 3.63) is 26.4 Å². The molecule has 1 aliphatic rings. The largest absolute Gasteiger partial charge is 0.296 e. The predicted octanol–water partition coefficient (Wildman–Crippen LogP) is 3.85. The van der Waals surface area contributed by atoms with E-state index in [1.165, 1.54) is 34.6 Å². The molecular weight excluding hydrogens is 290 g/mol. The van der Waals surface area contributed by atoms with Gasteiger partial charge in [0.1, 0.15) is 5.01 Å². The van der Waals surface area contributed by atoms with Gasteiger partial charge in [0.25, 0.3) is 5.91 Å². The van der Waals surface area contributed by atoms with Crippen LogP contribution in [0, 0.1) is 0 Å².